The van der Waals surface area contributed by atoms with E-state index in [4.69, 9.17) is 0 Å². The molecule has 1 fully saturated rings. The summed E-state index contributed by atoms with van der Waals surface area (Å²) in [4.78, 5) is 9.30. The van der Waals surface area contributed by atoms with E-state index in [1.807, 2.05) is 0 Å². The summed E-state index contributed by atoms with van der Waals surface area (Å²) in [6.45, 7) is 0. The third-order valence-electron chi connectivity index (χ3n) is 1.87. The molecule has 0 amide bonds. The van der Waals surface area contributed by atoms with E-state index in [9.17, 15) is 15.0 Å². The van der Waals surface area contributed by atoms with Crippen molar-refractivity contribution in [1.29, 1.82) is 0 Å². The van der Waals surface area contributed by atoms with Gasteiger partial charge in [-0.25, -0.2) is 0 Å². The summed E-state index contributed by atoms with van der Waals surface area (Å²) in [6, 6.07) is 0. The van der Waals surface area contributed by atoms with Gasteiger partial charge in [0.25, 0.3) is 0 Å². The van der Waals surface area contributed by atoms with Gasteiger partial charge >= 0.3 is 29.6 Å². The third-order valence-corrected chi connectivity index (χ3v) is 3.38. The minimum Gasteiger partial charge on any atom is -0.548 e. The average Bonchev–Trinajstić information content (AvgIpc) is 2.56. The summed E-state index contributed by atoms with van der Waals surface area (Å²) in [5.41, 5.74) is 0. The van der Waals surface area contributed by atoms with E-state index in [-0.39, 0.29) is 29.6 Å². The van der Waals surface area contributed by atoms with E-state index in [0.717, 1.165) is 11.8 Å². The summed E-state index contributed by atoms with van der Waals surface area (Å²) in [6.07, 6.45) is 6.14. The Morgan fingerprint density at radius 2 is 2.00 bits per heavy atom. The van der Waals surface area contributed by atoms with Crippen molar-refractivity contribution in [2.45, 2.75) is 9.68 Å². The van der Waals surface area contributed by atoms with Crippen LogP contribution in [0.15, 0.2) is 24.3 Å². The number of carbonyl (C=O) groups excluding carboxylic acids is 1. The number of carbonyl (C=O) groups is 1. The first kappa shape index (κ1) is 10.3. The van der Waals surface area contributed by atoms with E-state index in [1.165, 1.54) is 12.2 Å². The van der Waals surface area contributed by atoms with Gasteiger partial charge in [0.1, 0.15) is 4.75 Å². The first-order chi connectivity index (χ1) is 5.11. The van der Waals surface area contributed by atoms with Crippen LogP contribution in [0.4, 0.5) is 0 Å². The molecule has 0 spiro atoms. The molecule has 1 N–H and O–H groups in total. The molecule has 2 rings (SSSR count). The van der Waals surface area contributed by atoms with Crippen molar-refractivity contribution >= 4 is 17.7 Å². The molecule has 0 aromatic carbocycles. The van der Waals surface area contributed by atoms with E-state index in [2.05, 4.69) is 0 Å². The number of aliphatic hydroxyl groups is 1. The molecule has 1 aliphatic heterocycles. The Balaban J connectivity index is 0.000000720. The maximum Gasteiger partial charge on any atom is 1.00 e. The van der Waals surface area contributed by atoms with Crippen molar-refractivity contribution in [2.24, 2.45) is 0 Å². The van der Waals surface area contributed by atoms with Crippen molar-refractivity contribution in [3.8, 4) is 0 Å². The van der Waals surface area contributed by atoms with Crippen molar-refractivity contribution in [2.75, 3.05) is 0 Å². The molecule has 1 aliphatic carbocycles. The second kappa shape index (κ2) is 2.89. The van der Waals surface area contributed by atoms with Gasteiger partial charge in [-0.05, 0) is 6.08 Å². The van der Waals surface area contributed by atoms with Crippen LogP contribution >= 0.6 is 11.8 Å². The second-order valence-electron chi connectivity index (χ2n) is 2.54. The van der Waals surface area contributed by atoms with Crippen LogP contribution < -0.4 is 34.7 Å². The minimum atomic E-state index is -1.25. The molecule has 2 aliphatic rings. The Bertz CT molecular complexity index is 288. The van der Waals surface area contributed by atoms with E-state index >= 15 is 0 Å². The summed E-state index contributed by atoms with van der Waals surface area (Å²) in [7, 11) is 0. The molecule has 1 saturated heterocycles. The molecule has 0 bridgehead atoms. The molecule has 58 valence electrons. The Labute approximate surface area is 95.8 Å². The van der Waals surface area contributed by atoms with Crippen LogP contribution in [0.1, 0.15) is 0 Å². The normalized spacial score (nSPS) is 41.4. The Hall–Kier alpha value is 0.260. The standard InChI is InChI=1S/C7H6O3S.Na/c8-5(9)6-3-1-2-4-7(6,10)11-6;/h1-4,10H,(H,8,9);/q;+1/p-1. The van der Waals surface area contributed by atoms with Gasteiger partial charge < -0.3 is 15.0 Å². The minimum absolute atomic E-state index is 0. The number of carboxylic acids is 1. The number of aliphatic carboxylic acids is 1. The number of thioether (sulfide) groups is 1. The average molecular weight is 192 g/mol. The quantitative estimate of drug-likeness (QED) is 0.340. The maximum atomic E-state index is 10.5. The molecule has 2 atom stereocenters. The van der Waals surface area contributed by atoms with Crippen molar-refractivity contribution in [3.63, 3.8) is 0 Å². The van der Waals surface area contributed by atoms with Crippen LogP contribution in [0.5, 0.6) is 0 Å². The molecular weight excluding hydrogens is 187 g/mol. The third kappa shape index (κ3) is 1.10. The maximum absolute atomic E-state index is 10.5. The zero-order valence-corrected chi connectivity index (χ0v) is 9.30. The fourth-order valence-electron chi connectivity index (χ4n) is 1.16. The van der Waals surface area contributed by atoms with Crippen LogP contribution in [0.25, 0.3) is 0 Å². The second-order valence-corrected chi connectivity index (χ2v) is 4.01. The summed E-state index contributed by atoms with van der Waals surface area (Å²) >= 11 is 0.977. The number of hydrogen-bond donors (Lipinski definition) is 1. The molecule has 0 aromatic rings. The fourth-order valence-corrected chi connectivity index (χ4v) is 2.20. The molecule has 1 heterocycles. The van der Waals surface area contributed by atoms with Gasteiger partial charge in [-0.2, -0.15) is 0 Å². The van der Waals surface area contributed by atoms with Gasteiger partial charge in [-0.15, -0.1) is 0 Å². The predicted octanol–water partition coefficient (Wildman–Crippen LogP) is -3.96. The van der Waals surface area contributed by atoms with Crippen LogP contribution in [0, 0.1) is 0 Å². The SMILES string of the molecule is O=C([O-])C12C=CC=CC1(O)S2.[Na+]. The fraction of sp³-hybridized carbons (Fsp3) is 0.286. The van der Waals surface area contributed by atoms with Gasteiger partial charge in [-0.1, -0.05) is 30.0 Å². The number of hydrogen-bond acceptors (Lipinski definition) is 4. The molecule has 2 unspecified atom stereocenters. The zero-order valence-electron chi connectivity index (χ0n) is 6.48. The number of rotatable bonds is 1. The van der Waals surface area contributed by atoms with Gasteiger partial charge in [0.05, 0.1) is 5.97 Å². The molecule has 0 aromatic heterocycles. The summed E-state index contributed by atoms with van der Waals surface area (Å²) < 4.78 is -1.21. The van der Waals surface area contributed by atoms with Gasteiger partial charge in [0.2, 0.25) is 0 Å². The van der Waals surface area contributed by atoms with Crippen molar-refractivity contribution in [3.05, 3.63) is 24.3 Å². The smallest absolute Gasteiger partial charge is 0.548 e. The van der Waals surface area contributed by atoms with Crippen molar-refractivity contribution < 1.29 is 44.6 Å². The Kier molecular flexibility index (Phi) is 2.49. The topological polar surface area (TPSA) is 60.4 Å². The zero-order chi connectivity index (χ0) is 8.11. The molecule has 3 nitrogen and oxygen atoms in total. The number of fused-ring (bicyclic) bond motifs is 1. The van der Waals surface area contributed by atoms with E-state index in [1.54, 1.807) is 12.2 Å². The molecule has 12 heavy (non-hydrogen) atoms. The van der Waals surface area contributed by atoms with Crippen molar-refractivity contribution in [1.82, 2.24) is 0 Å². The number of carboxylic acid groups (broad SMARTS) is 1. The molecule has 0 radical (unpaired) electrons. The molecular formula is C7H5NaO3S. The van der Waals surface area contributed by atoms with Gasteiger partial charge in [0.15, 0.2) is 4.93 Å². The largest absolute Gasteiger partial charge is 1.00 e. The van der Waals surface area contributed by atoms with Crippen LogP contribution in [0.3, 0.4) is 0 Å². The van der Waals surface area contributed by atoms with E-state index in [0.29, 0.717) is 0 Å². The molecule has 5 heteroatoms. The van der Waals surface area contributed by atoms with Gasteiger partial charge in [-0.3, -0.25) is 0 Å². The van der Waals surface area contributed by atoms with Gasteiger partial charge in [0, 0.05) is 0 Å². The predicted molar refractivity (Wildman–Crippen MR) is 38.6 cm³/mol. The summed E-state index contributed by atoms with van der Waals surface area (Å²) in [5.74, 6) is -1.23. The Morgan fingerprint density at radius 3 is 2.42 bits per heavy atom. The first-order valence-corrected chi connectivity index (χ1v) is 3.93. The monoisotopic (exact) mass is 192 g/mol. The first-order valence-electron chi connectivity index (χ1n) is 3.12. The Morgan fingerprint density at radius 1 is 1.42 bits per heavy atom. The number of allylic oxidation sites excluding steroid dienone is 2. The van der Waals surface area contributed by atoms with Crippen LogP contribution in [-0.2, 0) is 4.79 Å². The van der Waals surface area contributed by atoms with Crippen LogP contribution in [-0.4, -0.2) is 20.8 Å². The van der Waals surface area contributed by atoms with Crippen LogP contribution in [0.2, 0.25) is 0 Å². The molecule has 0 saturated carbocycles. The summed E-state index contributed by atoms with van der Waals surface area (Å²) in [5, 5.41) is 20.0. The van der Waals surface area contributed by atoms with E-state index < -0.39 is 15.6 Å².